The number of aliphatic hydroxyl groups excluding tert-OH is 4. The number of hydrogen-bond acceptors (Lipinski definition) is 7. The molecule has 3 aliphatic carbocycles. The number of ether oxygens (including phenoxy) is 2. The Morgan fingerprint density at radius 2 is 1.88 bits per heavy atom. The summed E-state index contributed by atoms with van der Waals surface area (Å²) >= 11 is 0. The van der Waals surface area contributed by atoms with Crippen LogP contribution in [0.5, 0.6) is 5.75 Å². The zero-order valence-corrected chi connectivity index (χ0v) is 20.9. The third-order valence-corrected chi connectivity index (χ3v) is 8.76. The second-order valence-electron chi connectivity index (χ2n) is 10.2. The number of rotatable bonds is 3. The van der Waals surface area contributed by atoms with E-state index >= 15 is 0 Å². The van der Waals surface area contributed by atoms with Gasteiger partial charge in [0.2, 0.25) is 0 Å². The molecule has 8 heteroatoms. The fraction of sp³-hybridized carbons (Fsp3) is 0.750. The van der Waals surface area contributed by atoms with Gasteiger partial charge in [0.15, 0.2) is 6.29 Å². The predicted octanol–water partition coefficient (Wildman–Crippen LogP) is -2.19. The van der Waals surface area contributed by atoms with Gasteiger partial charge in [0.25, 0.3) is 0 Å². The summed E-state index contributed by atoms with van der Waals surface area (Å²) in [4.78, 5) is 0. The third kappa shape index (κ3) is 3.97. The van der Waals surface area contributed by atoms with E-state index in [1.165, 1.54) is 11.1 Å². The minimum Gasteiger partial charge on any atom is -0.872 e. The second kappa shape index (κ2) is 9.44. The maximum absolute atomic E-state index is 11.8. The number of benzene rings is 1. The molecule has 0 bridgehead atoms. The molecule has 4 aliphatic rings. The molecule has 4 N–H and O–H groups in total. The van der Waals surface area contributed by atoms with Crippen LogP contribution in [0.3, 0.4) is 0 Å². The van der Waals surface area contributed by atoms with Crippen LogP contribution < -0.4 is 34.7 Å². The maximum Gasteiger partial charge on any atom is 1.00 e. The number of fused-ring (bicyclic) bond motifs is 5. The van der Waals surface area contributed by atoms with Crippen LogP contribution in [0.25, 0.3) is 0 Å². The summed E-state index contributed by atoms with van der Waals surface area (Å²) in [6.45, 7) is 1.81. The first kappa shape index (κ1) is 24.9. The van der Waals surface area contributed by atoms with Gasteiger partial charge in [-0.1, -0.05) is 25.1 Å². The van der Waals surface area contributed by atoms with Crippen LogP contribution in [0, 0.1) is 17.3 Å². The van der Waals surface area contributed by atoms with Crippen molar-refractivity contribution >= 4 is 0 Å². The molecule has 32 heavy (non-hydrogen) atoms. The summed E-state index contributed by atoms with van der Waals surface area (Å²) in [5.74, 6) is 1.61. The number of aryl methyl sites for hydroxylation is 1. The summed E-state index contributed by atoms with van der Waals surface area (Å²) in [5.41, 5.74) is 2.50. The van der Waals surface area contributed by atoms with Crippen molar-refractivity contribution < 1.29 is 64.6 Å². The van der Waals surface area contributed by atoms with E-state index in [1.54, 1.807) is 12.1 Å². The van der Waals surface area contributed by atoms with Crippen LogP contribution in [-0.4, -0.2) is 63.8 Å². The molecule has 1 heterocycles. The molecule has 1 aliphatic heterocycles. The van der Waals surface area contributed by atoms with E-state index in [1.807, 2.05) is 6.07 Å². The average molecular weight is 457 g/mol. The molecule has 0 spiro atoms. The van der Waals surface area contributed by atoms with Gasteiger partial charge in [-0.2, -0.15) is 0 Å². The van der Waals surface area contributed by atoms with Crippen LogP contribution in [0.15, 0.2) is 18.2 Å². The van der Waals surface area contributed by atoms with E-state index in [-0.39, 0.29) is 46.8 Å². The molecule has 0 radical (unpaired) electrons. The van der Waals surface area contributed by atoms with Crippen LogP contribution in [0.2, 0.25) is 0 Å². The van der Waals surface area contributed by atoms with Gasteiger partial charge in [-0.25, -0.2) is 0 Å². The Kier molecular flexibility index (Phi) is 7.34. The Bertz CT molecular complexity index is 820. The quantitative estimate of drug-likeness (QED) is 0.381. The van der Waals surface area contributed by atoms with Gasteiger partial charge in [0.1, 0.15) is 24.4 Å². The Morgan fingerprint density at radius 3 is 2.62 bits per heavy atom. The van der Waals surface area contributed by atoms with Gasteiger partial charge in [-0.3, -0.25) is 0 Å². The maximum atomic E-state index is 11.8. The van der Waals surface area contributed by atoms with Gasteiger partial charge >= 0.3 is 29.6 Å². The van der Waals surface area contributed by atoms with Gasteiger partial charge in [0.05, 0.1) is 12.7 Å². The van der Waals surface area contributed by atoms with Gasteiger partial charge in [0, 0.05) is 0 Å². The minimum absolute atomic E-state index is 0. The molecule has 5 rings (SSSR count). The molecule has 2 saturated carbocycles. The minimum atomic E-state index is -1.42. The standard InChI is InChI=1S/C24H34O7.Na/c1-24-9-8-15-14-5-3-13(26)10-12(14)2-4-16(15)17(24)6-7-19(24)31-23-22(29)21(28)20(27)18(11-25)30-23;/h3,5,10,15-23,25-29H,2,4,6-9,11H2,1H3;/q;+1/p-1/t15-,16-,17+,18-,19+,20+,21+,22-,23+,24+;/m1./s1. The van der Waals surface area contributed by atoms with Gasteiger partial charge in [-0.15, -0.1) is 5.75 Å². The molecule has 3 fully saturated rings. The van der Waals surface area contributed by atoms with Crippen molar-refractivity contribution in [2.75, 3.05) is 6.61 Å². The van der Waals surface area contributed by atoms with Crippen molar-refractivity contribution in [3.05, 3.63) is 29.3 Å². The van der Waals surface area contributed by atoms with Gasteiger partial charge < -0.3 is 35.0 Å². The Labute approximate surface area is 211 Å². The molecule has 1 aromatic carbocycles. The Balaban J connectivity index is 0.00000245. The van der Waals surface area contributed by atoms with Crippen molar-refractivity contribution in [1.82, 2.24) is 0 Å². The molecule has 7 nitrogen and oxygen atoms in total. The second-order valence-corrected chi connectivity index (χ2v) is 10.2. The summed E-state index contributed by atoms with van der Waals surface area (Å²) in [6.07, 6.45) is -0.370. The summed E-state index contributed by atoms with van der Waals surface area (Å²) in [6, 6.07) is 5.53. The molecular formula is C24H33NaO7. The van der Waals surface area contributed by atoms with E-state index in [2.05, 4.69) is 6.92 Å². The van der Waals surface area contributed by atoms with Crippen LogP contribution in [0.4, 0.5) is 0 Å². The zero-order valence-electron chi connectivity index (χ0n) is 18.9. The Morgan fingerprint density at radius 1 is 1.09 bits per heavy atom. The fourth-order valence-corrected chi connectivity index (χ4v) is 7.08. The van der Waals surface area contributed by atoms with Gasteiger partial charge in [-0.05, 0) is 72.8 Å². The zero-order chi connectivity index (χ0) is 21.9. The van der Waals surface area contributed by atoms with E-state index in [9.17, 15) is 25.5 Å². The molecule has 0 aromatic heterocycles. The third-order valence-electron chi connectivity index (χ3n) is 8.76. The molecule has 1 saturated heterocycles. The number of hydrogen-bond donors (Lipinski definition) is 4. The molecular weight excluding hydrogens is 423 g/mol. The molecule has 1 aromatic rings. The van der Waals surface area contributed by atoms with Crippen molar-refractivity contribution in [3.8, 4) is 5.75 Å². The normalized spacial score (nSPS) is 45.3. The summed E-state index contributed by atoms with van der Waals surface area (Å²) in [7, 11) is 0. The first-order chi connectivity index (χ1) is 14.8. The molecule has 0 unspecified atom stereocenters. The van der Waals surface area contributed by atoms with E-state index in [0.29, 0.717) is 17.8 Å². The fourth-order valence-electron chi connectivity index (χ4n) is 7.08. The first-order valence-corrected chi connectivity index (χ1v) is 11.6. The summed E-state index contributed by atoms with van der Waals surface area (Å²) in [5, 5.41) is 51.8. The number of aliphatic hydroxyl groups is 4. The average Bonchev–Trinajstić information content (AvgIpc) is 3.09. The van der Waals surface area contributed by atoms with E-state index < -0.39 is 37.3 Å². The van der Waals surface area contributed by atoms with Crippen molar-refractivity contribution in [1.29, 1.82) is 0 Å². The largest absolute Gasteiger partial charge is 1.00 e. The SMILES string of the molecule is C[C@]12CC[C@@H]3c4ccc([O-])cc4CC[C@H]3[C@@H]1CC[C@@H]2O[C@@H]1O[C@H](CO)[C@H](O)[C@H](O)[C@H]1O.[Na+]. The van der Waals surface area contributed by atoms with Crippen molar-refractivity contribution in [2.45, 2.75) is 88.2 Å². The van der Waals surface area contributed by atoms with E-state index in [4.69, 9.17) is 9.47 Å². The first-order valence-electron chi connectivity index (χ1n) is 11.6. The van der Waals surface area contributed by atoms with Crippen molar-refractivity contribution in [3.63, 3.8) is 0 Å². The van der Waals surface area contributed by atoms with Crippen molar-refractivity contribution in [2.24, 2.45) is 17.3 Å². The topological polar surface area (TPSA) is 122 Å². The summed E-state index contributed by atoms with van der Waals surface area (Å²) < 4.78 is 11.9. The predicted molar refractivity (Wildman–Crippen MR) is 109 cm³/mol. The smallest absolute Gasteiger partial charge is 0.872 e. The van der Waals surface area contributed by atoms with Crippen LogP contribution in [0.1, 0.15) is 56.1 Å². The monoisotopic (exact) mass is 456 g/mol. The molecule has 10 atom stereocenters. The molecule has 0 amide bonds. The van der Waals surface area contributed by atoms with Crippen LogP contribution in [-0.2, 0) is 15.9 Å². The molecule has 172 valence electrons. The Hall–Kier alpha value is -0.220. The van der Waals surface area contributed by atoms with E-state index in [0.717, 1.165) is 38.5 Å². The van der Waals surface area contributed by atoms with Crippen LogP contribution >= 0.6 is 0 Å².